The first-order valence-corrected chi connectivity index (χ1v) is 35.3. The van der Waals surface area contributed by atoms with Gasteiger partial charge in [0.05, 0.1) is 81.0 Å². The molecule has 6 aromatic carbocycles. The fourth-order valence-corrected chi connectivity index (χ4v) is 13.8. The molecule has 0 bridgehead atoms. The van der Waals surface area contributed by atoms with Gasteiger partial charge in [0.25, 0.3) is 0 Å². The Kier molecular flexibility index (Phi) is 20.6. The molecular formula is C77H74N18O3S3. The van der Waals surface area contributed by atoms with E-state index < -0.39 is 0 Å². The van der Waals surface area contributed by atoms with Crippen LogP contribution in [0.2, 0.25) is 0 Å². The number of hydrogen-bond donors (Lipinski definition) is 5. The number of morpholine rings is 3. The lowest BCUT2D eigenvalue weighted by Crippen LogP contribution is -2.35. The first kappa shape index (κ1) is 66.4. The Balaban J connectivity index is 0.000000123. The number of nitrogens with zero attached hydrogens (tertiary/aromatic N) is 13. The Morgan fingerprint density at radius 3 is 1.31 bits per heavy atom. The van der Waals surface area contributed by atoms with Gasteiger partial charge in [-0.1, -0.05) is 102 Å². The zero-order valence-electron chi connectivity index (χ0n) is 55.4. The third-order valence-electron chi connectivity index (χ3n) is 18.1. The van der Waals surface area contributed by atoms with Crippen LogP contribution in [0.3, 0.4) is 0 Å². The summed E-state index contributed by atoms with van der Waals surface area (Å²) in [5.41, 5.74) is 27.0. The molecule has 3 fully saturated rings. The molecule has 3 saturated heterocycles. The fourth-order valence-electron chi connectivity index (χ4n) is 13.0. The van der Waals surface area contributed by atoms with Crippen LogP contribution in [0.25, 0.3) is 89.8 Å². The van der Waals surface area contributed by atoms with Crippen molar-refractivity contribution in [2.75, 3.05) is 89.5 Å². The number of hydrazine groups is 1. The summed E-state index contributed by atoms with van der Waals surface area (Å²) >= 11 is 11.9. The maximum absolute atomic E-state index is 5.48. The highest BCUT2D eigenvalue weighted by atomic mass is 32.1. The van der Waals surface area contributed by atoms with Crippen LogP contribution in [0, 0.1) is 4.77 Å². The second kappa shape index (κ2) is 31.4. The standard InChI is InChI=1S/2C26H24N6OS.C25H26N6OS/c34-26-29-28-18-32(26)23-6-2-5-22(14-23)24-16-27-25-15-21(7-8-31(24)25)20-4-1-3-19(13-20)17-30-9-11-33-12-10-30;1-3-19(17-31-9-11-33-12-10-31)13-20(4-1)21-7-8-32-24(16-27-25(32)15-21)22-5-2-6-23(14-22)29-26-30-28-18-34-26;26-29-25(33)28-22-6-2-5-21(14-22)23-16-27-24-15-20(7-8-31(23)24)19-4-1-3-18(13-19)17-30-9-11-32-12-10-30/h1-8,13-16,18H,9-12,17H2,(H,29,34);1-8,13-16,18H,9-12,17H2,(H,29,30);1-8,13-16H,9-12,17,26H2,(H2,28,29,33). The number of anilines is 3. The smallest absolute Gasteiger partial charge is 0.209 e. The predicted molar refractivity (Wildman–Crippen MR) is 406 cm³/mol. The van der Waals surface area contributed by atoms with Crippen LogP contribution in [-0.2, 0) is 33.8 Å². The Hall–Kier alpha value is -10.5. The van der Waals surface area contributed by atoms with Crippen LogP contribution in [-0.4, -0.2) is 152 Å². The molecule has 0 atom stereocenters. The molecule has 0 spiro atoms. The van der Waals surface area contributed by atoms with Crippen LogP contribution in [0.1, 0.15) is 16.7 Å². The number of benzene rings is 6. The van der Waals surface area contributed by atoms with Crippen molar-refractivity contribution in [2.45, 2.75) is 19.6 Å². The van der Waals surface area contributed by atoms with Crippen LogP contribution >= 0.6 is 35.8 Å². The van der Waals surface area contributed by atoms with Gasteiger partial charge in [0.2, 0.25) is 5.13 Å². The number of pyridine rings is 3. The minimum Gasteiger partial charge on any atom is -0.379 e. The van der Waals surface area contributed by atoms with Crippen molar-refractivity contribution >= 4 is 74.3 Å². The minimum atomic E-state index is 0.366. The summed E-state index contributed by atoms with van der Waals surface area (Å²) in [7, 11) is 0. The number of aromatic amines is 1. The molecule has 0 amide bonds. The number of ether oxygens (including phenoxy) is 3. The molecule has 6 N–H and O–H groups in total. The van der Waals surface area contributed by atoms with Crippen molar-refractivity contribution in [3.63, 3.8) is 0 Å². The van der Waals surface area contributed by atoms with Gasteiger partial charge in [-0.3, -0.25) is 37.6 Å². The van der Waals surface area contributed by atoms with Gasteiger partial charge in [-0.15, -0.1) is 10.2 Å². The van der Waals surface area contributed by atoms with E-state index in [0.717, 1.165) is 183 Å². The largest absolute Gasteiger partial charge is 0.379 e. The summed E-state index contributed by atoms with van der Waals surface area (Å²) in [5, 5.41) is 22.3. The number of aromatic nitrogens is 11. The lowest BCUT2D eigenvalue weighted by Gasteiger charge is -2.26. The molecule has 0 saturated carbocycles. The summed E-state index contributed by atoms with van der Waals surface area (Å²) in [5.74, 6) is 5.37. The van der Waals surface area contributed by atoms with E-state index in [1.165, 1.54) is 50.3 Å². The Bertz CT molecular complexity index is 5220. The monoisotopic (exact) mass is 1390 g/mol. The molecule has 17 rings (SSSR count). The molecule has 24 heteroatoms. The van der Waals surface area contributed by atoms with E-state index in [9.17, 15) is 0 Å². The van der Waals surface area contributed by atoms with E-state index in [4.69, 9.17) is 54.5 Å². The highest BCUT2D eigenvalue weighted by Gasteiger charge is 2.18. The molecule has 3 aliphatic heterocycles. The van der Waals surface area contributed by atoms with Gasteiger partial charge in [0.1, 0.15) is 28.8 Å². The summed E-state index contributed by atoms with van der Waals surface area (Å²) in [6.45, 7) is 13.7. The average molecular weight is 1400 g/mol. The Morgan fingerprint density at radius 2 is 0.881 bits per heavy atom. The Labute approximate surface area is 598 Å². The molecule has 0 aliphatic carbocycles. The normalized spacial score (nSPS) is 14.5. The van der Waals surface area contributed by atoms with E-state index in [1.807, 2.05) is 65.6 Å². The first-order chi connectivity index (χ1) is 49.7. The summed E-state index contributed by atoms with van der Waals surface area (Å²) in [6, 6.07) is 63.7. The number of nitrogens with one attached hydrogen (secondary N) is 4. The van der Waals surface area contributed by atoms with Crippen molar-refractivity contribution < 1.29 is 14.2 Å². The number of rotatable bonds is 16. The second-order valence-corrected chi connectivity index (χ2v) is 26.5. The zero-order valence-corrected chi connectivity index (χ0v) is 57.8. The molecule has 8 aromatic heterocycles. The quantitative estimate of drug-likeness (QED) is 0.0346. The average Bonchev–Trinajstić information content (AvgIpc) is 1.65. The van der Waals surface area contributed by atoms with Gasteiger partial charge >= 0.3 is 0 Å². The van der Waals surface area contributed by atoms with E-state index >= 15 is 0 Å². The number of imidazole rings is 3. The number of nitrogens with two attached hydrogens (primary N) is 1. The van der Waals surface area contributed by atoms with Crippen molar-refractivity contribution in [3.05, 3.63) is 252 Å². The second-order valence-electron chi connectivity index (χ2n) is 24.8. The topological polar surface area (TPSA) is 211 Å². The van der Waals surface area contributed by atoms with Crippen molar-refractivity contribution in [1.82, 2.24) is 73.2 Å². The summed E-state index contributed by atoms with van der Waals surface area (Å²) < 4.78 is 25.2. The summed E-state index contributed by atoms with van der Waals surface area (Å²) in [4.78, 5) is 21.4. The van der Waals surface area contributed by atoms with E-state index in [0.29, 0.717) is 9.88 Å². The number of fused-ring (bicyclic) bond motifs is 3. The van der Waals surface area contributed by atoms with Gasteiger partial charge in [-0.25, -0.2) is 20.8 Å². The van der Waals surface area contributed by atoms with E-state index in [2.05, 4.69) is 227 Å². The molecule has 3 aliphatic rings. The van der Waals surface area contributed by atoms with Crippen LogP contribution in [0.15, 0.2) is 231 Å². The maximum atomic E-state index is 5.48. The van der Waals surface area contributed by atoms with Crippen LogP contribution < -0.4 is 21.9 Å². The zero-order chi connectivity index (χ0) is 68.3. The predicted octanol–water partition coefficient (Wildman–Crippen LogP) is 13.5. The highest BCUT2D eigenvalue weighted by Crippen LogP contribution is 2.33. The SMILES string of the molecule is NNC(=S)Nc1cccc(-c2cnc3cc(-c4cccc(CN5CCOCC5)c4)ccn23)c1.S=c1[nH]ncn1-c1cccc(-c2cnc3cc(-c4cccc(CN5CCOCC5)c4)ccn23)c1.c1cc(CN2CCOCC2)cc(-c2ccn3c(-c4cccc(Nc5nncs5)c4)cnc3c2)c1. The molecule has 14 aromatic rings. The molecule has 101 heavy (non-hydrogen) atoms. The molecule has 0 radical (unpaired) electrons. The number of H-pyrrole nitrogens is 1. The third-order valence-corrected chi connectivity index (χ3v) is 19.3. The van der Waals surface area contributed by atoms with E-state index in [-0.39, 0.29) is 0 Å². The lowest BCUT2D eigenvalue weighted by atomic mass is 10.0. The first-order valence-electron chi connectivity index (χ1n) is 33.6. The fraction of sp³-hybridized carbons (Fsp3) is 0.195. The highest BCUT2D eigenvalue weighted by molar-refractivity contribution is 7.80. The lowest BCUT2D eigenvalue weighted by molar-refractivity contribution is 0.0341. The van der Waals surface area contributed by atoms with E-state index in [1.54, 1.807) is 11.8 Å². The summed E-state index contributed by atoms with van der Waals surface area (Å²) in [6.07, 6.45) is 13.7. The molecule has 0 unspecified atom stereocenters. The van der Waals surface area contributed by atoms with Crippen molar-refractivity contribution in [3.8, 4) is 72.8 Å². The number of hydrogen-bond acceptors (Lipinski definition) is 17. The van der Waals surface area contributed by atoms with Gasteiger partial charge in [-0.05, 0) is 166 Å². The molecule has 508 valence electrons. The third kappa shape index (κ3) is 16.1. The minimum absolute atomic E-state index is 0.366. The van der Waals surface area contributed by atoms with Gasteiger partial charge in [-0.2, -0.15) is 5.10 Å². The Morgan fingerprint density at radius 1 is 0.475 bits per heavy atom. The number of thiocarbonyl (C=S) groups is 1. The van der Waals surface area contributed by atoms with Crippen LogP contribution in [0.4, 0.5) is 16.5 Å². The molecule has 11 heterocycles. The van der Waals surface area contributed by atoms with Crippen molar-refractivity contribution in [2.24, 2.45) is 5.84 Å². The van der Waals surface area contributed by atoms with Gasteiger partial charge < -0.3 is 30.3 Å². The van der Waals surface area contributed by atoms with Crippen molar-refractivity contribution in [1.29, 1.82) is 0 Å². The molecule has 21 nitrogen and oxygen atoms in total. The molecular weight excluding hydrogens is 1320 g/mol. The van der Waals surface area contributed by atoms with Gasteiger partial charge in [0, 0.05) is 106 Å². The maximum Gasteiger partial charge on any atom is 0.209 e. The van der Waals surface area contributed by atoms with Gasteiger partial charge in [0.15, 0.2) is 9.88 Å². The van der Waals surface area contributed by atoms with Crippen LogP contribution in [0.5, 0.6) is 0 Å².